The first-order valence-electron chi connectivity index (χ1n) is 5.93. The quantitative estimate of drug-likeness (QED) is 0.891. The van der Waals surface area contributed by atoms with Gasteiger partial charge in [-0.15, -0.1) is 0 Å². The Morgan fingerprint density at radius 3 is 2.53 bits per heavy atom. The lowest BCUT2D eigenvalue weighted by Gasteiger charge is -2.27. The fourth-order valence-corrected chi connectivity index (χ4v) is 3.42. The molecule has 4 nitrogen and oxygen atoms in total. The molecule has 0 bridgehead atoms. The van der Waals surface area contributed by atoms with Crippen LogP contribution >= 0.6 is 15.9 Å². The SMILES string of the molecule is COc1cc(F)c(Br)c(C2(C(=O)O)CCCC2)c1O. The van der Waals surface area contributed by atoms with Crippen LogP contribution in [0.2, 0.25) is 0 Å². The minimum Gasteiger partial charge on any atom is -0.504 e. The first kappa shape index (κ1) is 14.1. The third kappa shape index (κ3) is 2.08. The number of benzene rings is 1. The number of phenols is 1. The van der Waals surface area contributed by atoms with E-state index in [-0.39, 0.29) is 21.5 Å². The van der Waals surface area contributed by atoms with E-state index in [0.717, 1.165) is 18.9 Å². The number of aromatic hydroxyl groups is 1. The Balaban J connectivity index is 2.73. The van der Waals surface area contributed by atoms with Gasteiger partial charge in [-0.25, -0.2) is 4.39 Å². The molecule has 0 heterocycles. The number of methoxy groups -OCH3 is 1. The monoisotopic (exact) mass is 332 g/mol. The van der Waals surface area contributed by atoms with Crippen molar-refractivity contribution < 1.29 is 24.1 Å². The Morgan fingerprint density at radius 1 is 1.47 bits per heavy atom. The second-order valence-corrected chi connectivity index (χ2v) is 5.49. The van der Waals surface area contributed by atoms with Gasteiger partial charge in [-0.05, 0) is 28.8 Å². The van der Waals surface area contributed by atoms with Gasteiger partial charge in [0.1, 0.15) is 5.82 Å². The van der Waals surface area contributed by atoms with Crippen molar-refractivity contribution in [3.63, 3.8) is 0 Å². The van der Waals surface area contributed by atoms with Gasteiger partial charge < -0.3 is 14.9 Å². The molecular weight excluding hydrogens is 319 g/mol. The maximum Gasteiger partial charge on any atom is 0.314 e. The van der Waals surface area contributed by atoms with Crippen molar-refractivity contribution in [2.24, 2.45) is 0 Å². The molecule has 2 N–H and O–H groups in total. The summed E-state index contributed by atoms with van der Waals surface area (Å²) in [6.45, 7) is 0. The third-order valence-corrected chi connectivity index (χ3v) is 4.50. The van der Waals surface area contributed by atoms with E-state index in [9.17, 15) is 19.4 Å². The van der Waals surface area contributed by atoms with Crippen LogP contribution in [0.15, 0.2) is 10.5 Å². The molecule has 19 heavy (non-hydrogen) atoms. The maximum absolute atomic E-state index is 13.9. The molecule has 2 rings (SSSR count). The van der Waals surface area contributed by atoms with Gasteiger partial charge in [0.2, 0.25) is 0 Å². The molecule has 6 heteroatoms. The van der Waals surface area contributed by atoms with Gasteiger partial charge in [0.05, 0.1) is 17.0 Å². The number of phenolic OH excluding ortho intramolecular Hbond substituents is 1. The molecule has 104 valence electrons. The zero-order chi connectivity index (χ0) is 14.2. The van der Waals surface area contributed by atoms with Crippen LogP contribution in [0, 0.1) is 5.82 Å². The molecule has 0 aromatic heterocycles. The zero-order valence-corrected chi connectivity index (χ0v) is 12.0. The molecule has 0 radical (unpaired) electrons. The molecule has 1 aliphatic carbocycles. The van der Waals surface area contributed by atoms with Gasteiger partial charge in [0.25, 0.3) is 0 Å². The molecule has 0 amide bonds. The Labute approximate surface area is 118 Å². The predicted molar refractivity (Wildman–Crippen MR) is 70.1 cm³/mol. The number of aliphatic carboxylic acids is 1. The lowest BCUT2D eigenvalue weighted by Crippen LogP contribution is -2.33. The number of hydrogen-bond acceptors (Lipinski definition) is 3. The molecule has 0 saturated heterocycles. The predicted octanol–water partition coefficient (Wildman–Crippen LogP) is 3.20. The van der Waals surface area contributed by atoms with Crippen molar-refractivity contribution in [2.75, 3.05) is 7.11 Å². The summed E-state index contributed by atoms with van der Waals surface area (Å²) in [7, 11) is 1.30. The summed E-state index contributed by atoms with van der Waals surface area (Å²) in [5, 5.41) is 19.7. The average molecular weight is 333 g/mol. The van der Waals surface area contributed by atoms with Crippen LogP contribution in [0.25, 0.3) is 0 Å². The Morgan fingerprint density at radius 2 is 2.05 bits per heavy atom. The largest absolute Gasteiger partial charge is 0.504 e. The van der Waals surface area contributed by atoms with Crippen molar-refractivity contribution in [1.29, 1.82) is 0 Å². The van der Waals surface area contributed by atoms with Crippen LogP contribution in [-0.4, -0.2) is 23.3 Å². The molecule has 0 spiro atoms. The van der Waals surface area contributed by atoms with Crippen molar-refractivity contribution in [3.05, 3.63) is 21.9 Å². The minimum absolute atomic E-state index is 0.00454. The lowest BCUT2D eigenvalue weighted by atomic mass is 9.78. The van der Waals surface area contributed by atoms with Gasteiger partial charge >= 0.3 is 5.97 Å². The first-order valence-corrected chi connectivity index (χ1v) is 6.72. The van der Waals surface area contributed by atoms with Crippen LogP contribution in [0.3, 0.4) is 0 Å². The fourth-order valence-electron chi connectivity index (χ4n) is 2.74. The average Bonchev–Trinajstić information content (AvgIpc) is 2.84. The van der Waals surface area contributed by atoms with Crippen LogP contribution in [-0.2, 0) is 10.2 Å². The van der Waals surface area contributed by atoms with E-state index in [1.54, 1.807) is 0 Å². The molecule has 0 atom stereocenters. The van der Waals surface area contributed by atoms with E-state index in [1.807, 2.05) is 0 Å². The van der Waals surface area contributed by atoms with Crippen LogP contribution in [0.5, 0.6) is 11.5 Å². The smallest absolute Gasteiger partial charge is 0.314 e. The molecular formula is C13H14BrFO4. The van der Waals surface area contributed by atoms with Gasteiger partial charge in [0, 0.05) is 11.6 Å². The summed E-state index contributed by atoms with van der Waals surface area (Å²) < 4.78 is 18.8. The minimum atomic E-state index is -1.25. The van der Waals surface area contributed by atoms with E-state index in [0.29, 0.717) is 12.8 Å². The van der Waals surface area contributed by atoms with Crippen LogP contribution in [0.1, 0.15) is 31.2 Å². The summed E-state index contributed by atoms with van der Waals surface area (Å²) >= 11 is 3.05. The van der Waals surface area contributed by atoms with Gasteiger partial charge in [-0.2, -0.15) is 0 Å². The number of rotatable bonds is 3. The van der Waals surface area contributed by atoms with E-state index >= 15 is 0 Å². The summed E-state index contributed by atoms with van der Waals surface area (Å²) in [5.74, 6) is -2.05. The van der Waals surface area contributed by atoms with Gasteiger partial charge in [-0.1, -0.05) is 12.8 Å². The van der Waals surface area contributed by atoms with Crippen molar-refractivity contribution >= 4 is 21.9 Å². The third-order valence-electron chi connectivity index (χ3n) is 3.72. The zero-order valence-electron chi connectivity index (χ0n) is 10.4. The van der Waals surface area contributed by atoms with Gasteiger partial charge in [-0.3, -0.25) is 4.79 Å². The highest BCUT2D eigenvalue weighted by atomic mass is 79.9. The van der Waals surface area contributed by atoms with Crippen LogP contribution in [0.4, 0.5) is 4.39 Å². The highest BCUT2D eigenvalue weighted by Crippen LogP contribution is 2.51. The second-order valence-electron chi connectivity index (χ2n) is 4.69. The molecule has 0 aliphatic heterocycles. The highest BCUT2D eigenvalue weighted by Gasteiger charge is 2.47. The molecule has 1 aromatic carbocycles. The topological polar surface area (TPSA) is 66.8 Å². The number of halogens is 2. The molecule has 1 saturated carbocycles. The second kappa shape index (κ2) is 5.00. The summed E-state index contributed by atoms with van der Waals surface area (Å²) in [4.78, 5) is 11.6. The van der Waals surface area contributed by atoms with Crippen molar-refractivity contribution in [2.45, 2.75) is 31.1 Å². The van der Waals surface area contributed by atoms with Crippen molar-refractivity contribution in [3.8, 4) is 11.5 Å². The Kier molecular flexibility index (Phi) is 3.71. The summed E-state index contributed by atoms with van der Waals surface area (Å²) in [6, 6.07) is 1.04. The maximum atomic E-state index is 13.9. The van der Waals surface area contributed by atoms with E-state index in [1.165, 1.54) is 7.11 Å². The molecule has 1 fully saturated rings. The normalized spacial score (nSPS) is 17.4. The number of carboxylic acid groups (broad SMARTS) is 1. The Hall–Kier alpha value is -1.30. The standard InChI is InChI=1S/C13H14BrFO4/c1-19-8-6-7(15)10(14)9(11(8)16)13(12(17)18)4-2-3-5-13/h6,16H,2-5H2,1H3,(H,17,18). The van der Waals surface area contributed by atoms with E-state index in [2.05, 4.69) is 15.9 Å². The molecule has 1 aliphatic rings. The number of carboxylic acids is 1. The van der Waals surface area contributed by atoms with Crippen LogP contribution < -0.4 is 4.74 Å². The lowest BCUT2D eigenvalue weighted by molar-refractivity contribution is -0.143. The van der Waals surface area contributed by atoms with E-state index in [4.69, 9.17) is 4.74 Å². The van der Waals surface area contributed by atoms with Gasteiger partial charge in [0.15, 0.2) is 11.5 Å². The number of carbonyl (C=O) groups is 1. The number of hydrogen-bond donors (Lipinski definition) is 2. The fraction of sp³-hybridized carbons (Fsp3) is 0.462. The highest BCUT2D eigenvalue weighted by molar-refractivity contribution is 9.10. The van der Waals surface area contributed by atoms with E-state index < -0.39 is 17.2 Å². The van der Waals surface area contributed by atoms with Crippen molar-refractivity contribution in [1.82, 2.24) is 0 Å². The summed E-state index contributed by atoms with van der Waals surface area (Å²) in [5.41, 5.74) is -1.17. The number of ether oxygens (including phenoxy) is 1. The summed E-state index contributed by atoms with van der Waals surface area (Å²) in [6.07, 6.45) is 2.22. The Bertz CT molecular complexity index is 524. The molecule has 1 aromatic rings. The first-order chi connectivity index (χ1) is 8.94. The molecule has 0 unspecified atom stereocenters.